The van der Waals surface area contributed by atoms with Gasteiger partial charge in [0.25, 0.3) is 0 Å². The van der Waals surface area contributed by atoms with Gasteiger partial charge in [-0.25, -0.2) is 4.79 Å². The van der Waals surface area contributed by atoms with Crippen molar-refractivity contribution in [2.75, 3.05) is 37.4 Å². The highest BCUT2D eigenvalue weighted by molar-refractivity contribution is 5.89. The van der Waals surface area contributed by atoms with Crippen molar-refractivity contribution in [2.24, 2.45) is 5.92 Å². The summed E-state index contributed by atoms with van der Waals surface area (Å²) in [6.07, 6.45) is 3.34. The van der Waals surface area contributed by atoms with Crippen LogP contribution in [-0.2, 0) is 11.3 Å². The van der Waals surface area contributed by atoms with Crippen LogP contribution in [0.3, 0.4) is 0 Å². The number of amides is 3. The van der Waals surface area contributed by atoms with Gasteiger partial charge in [0.05, 0.1) is 0 Å². The lowest BCUT2D eigenvalue weighted by atomic mass is 9.93. The number of likely N-dealkylation sites (tertiary alicyclic amines) is 1. The second kappa shape index (κ2) is 10.7. The zero-order valence-electron chi connectivity index (χ0n) is 17.9. The average molecular weight is 409 g/mol. The van der Waals surface area contributed by atoms with Crippen molar-refractivity contribution in [1.82, 2.24) is 10.2 Å². The van der Waals surface area contributed by atoms with E-state index in [1.54, 1.807) is 0 Å². The summed E-state index contributed by atoms with van der Waals surface area (Å²) >= 11 is 0. The molecule has 0 radical (unpaired) electrons. The van der Waals surface area contributed by atoms with Crippen LogP contribution in [-0.4, -0.2) is 44.0 Å². The largest absolute Gasteiger partial charge is 0.378 e. The van der Waals surface area contributed by atoms with E-state index in [0.29, 0.717) is 25.4 Å². The van der Waals surface area contributed by atoms with Crippen LogP contribution in [0.1, 0.15) is 31.2 Å². The van der Waals surface area contributed by atoms with Crippen LogP contribution in [0.4, 0.5) is 16.2 Å². The minimum atomic E-state index is -0.0588. The van der Waals surface area contributed by atoms with Crippen LogP contribution < -0.4 is 15.5 Å². The number of para-hydroxylation sites is 1. The number of piperidine rings is 1. The Morgan fingerprint density at radius 1 is 1.07 bits per heavy atom. The Balaban J connectivity index is 1.39. The minimum absolute atomic E-state index is 0.0588. The van der Waals surface area contributed by atoms with E-state index in [9.17, 15) is 9.59 Å². The highest BCUT2D eigenvalue weighted by Gasteiger charge is 2.24. The third kappa shape index (κ3) is 6.51. The van der Waals surface area contributed by atoms with Crippen molar-refractivity contribution in [3.8, 4) is 0 Å². The van der Waals surface area contributed by atoms with Crippen LogP contribution in [0.5, 0.6) is 0 Å². The Kier molecular flexibility index (Phi) is 7.71. The maximum absolute atomic E-state index is 12.5. The number of rotatable bonds is 7. The summed E-state index contributed by atoms with van der Waals surface area (Å²) in [7, 11) is 4.02. The van der Waals surface area contributed by atoms with Gasteiger partial charge in [0.15, 0.2) is 0 Å². The second-order valence-electron chi connectivity index (χ2n) is 8.13. The van der Waals surface area contributed by atoms with E-state index in [-0.39, 0.29) is 11.9 Å². The quantitative estimate of drug-likeness (QED) is 0.725. The Labute approximate surface area is 179 Å². The fourth-order valence-electron chi connectivity index (χ4n) is 3.75. The molecule has 0 unspecified atom stereocenters. The van der Waals surface area contributed by atoms with Crippen LogP contribution in [0.2, 0.25) is 0 Å². The zero-order valence-corrected chi connectivity index (χ0v) is 17.9. The average Bonchev–Trinajstić information content (AvgIpc) is 2.77. The molecule has 30 heavy (non-hydrogen) atoms. The molecule has 2 aromatic rings. The van der Waals surface area contributed by atoms with Crippen LogP contribution >= 0.6 is 0 Å². The normalized spacial score (nSPS) is 16.1. The van der Waals surface area contributed by atoms with E-state index in [1.807, 2.05) is 61.5 Å². The lowest BCUT2D eigenvalue weighted by Crippen LogP contribution is -2.42. The molecule has 3 rings (SSSR count). The number of urea groups is 1. The first-order chi connectivity index (χ1) is 14.5. The summed E-state index contributed by atoms with van der Waals surface area (Å²) in [6.45, 7) is 2.02. The van der Waals surface area contributed by atoms with Gasteiger partial charge in [-0.05, 0) is 55.0 Å². The van der Waals surface area contributed by atoms with E-state index >= 15 is 0 Å². The number of carbonyl (C=O) groups excluding carboxylic acids is 2. The Hall–Kier alpha value is -3.02. The van der Waals surface area contributed by atoms with Crippen LogP contribution in [0, 0.1) is 5.92 Å². The summed E-state index contributed by atoms with van der Waals surface area (Å²) in [6, 6.07) is 17.6. The monoisotopic (exact) mass is 408 g/mol. The van der Waals surface area contributed by atoms with Gasteiger partial charge in [-0.1, -0.05) is 30.3 Å². The number of nitrogens with one attached hydrogen (secondary N) is 2. The van der Waals surface area contributed by atoms with Crippen molar-refractivity contribution in [3.05, 3.63) is 60.2 Å². The number of hydrogen-bond acceptors (Lipinski definition) is 3. The molecule has 160 valence electrons. The standard InChI is InChI=1S/C24H32N4O2/c1-27(2)22-13-10-19(11-14-22)17-25-23(29)15-12-20-7-6-16-28(18-20)24(30)26-21-8-4-3-5-9-21/h3-5,8-11,13-14,20H,6-7,12,15-18H2,1-2H3,(H,25,29)(H,26,30)/t20-/m0/s1. The molecule has 2 N–H and O–H groups in total. The van der Waals surface area contributed by atoms with E-state index in [1.165, 1.54) is 0 Å². The third-order valence-corrected chi connectivity index (χ3v) is 5.55. The smallest absolute Gasteiger partial charge is 0.321 e. The number of carbonyl (C=O) groups is 2. The molecule has 3 amide bonds. The summed E-state index contributed by atoms with van der Waals surface area (Å²) in [5, 5.41) is 5.96. The minimum Gasteiger partial charge on any atom is -0.378 e. The van der Waals surface area contributed by atoms with Crippen LogP contribution in [0.25, 0.3) is 0 Å². The van der Waals surface area contributed by atoms with E-state index < -0.39 is 0 Å². The van der Waals surface area contributed by atoms with Crippen molar-refractivity contribution in [1.29, 1.82) is 0 Å². The lowest BCUT2D eigenvalue weighted by Gasteiger charge is -2.32. The fraction of sp³-hybridized carbons (Fsp3) is 0.417. The molecule has 0 bridgehead atoms. The molecule has 0 aliphatic carbocycles. The number of hydrogen-bond donors (Lipinski definition) is 2. The predicted octanol–water partition coefficient (Wildman–Crippen LogP) is 4.09. The van der Waals surface area contributed by atoms with Crippen molar-refractivity contribution >= 4 is 23.3 Å². The molecular formula is C24H32N4O2. The van der Waals surface area contributed by atoms with E-state index in [0.717, 1.165) is 42.7 Å². The molecule has 1 aliphatic rings. The molecular weight excluding hydrogens is 376 g/mol. The van der Waals surface area contributed by atoms with E-state index in [2.05, 4.69) is 27.7 Å². The molecule has 1 heterocycles. The van der Waals surface area contributed by atoms with Crippen molar-refractivity contribution in [3.63, 3.8) is 0 Å². The molecule has 6 nitrogen and oxygen atoms in total. The van der Waals surface area contributed by atoms with Crippen molar-refractivity contribution < 1.29 is 9.59 Å². The molecule has 1 saturated heterocycles. The number of nitrogens with zero attached hydrogens (tertiary/aromatic N) is 2. The van der Waals surface area contributed by atoms with Crippen molar-refractivity contribution in [2.45, 2.75) is 32.2 Å². The maximum Gasteiger partial charge on any atom is 0.321 e. The van der Waals surface area contributed by atoms with Gasteiger partial charge in [-0.15, -0.1) is 0 Å². The van der Waals surface area contributed by atoms with Gasteiger partial charge in [0.2, 0.25) is 5.91 Å². The van der Waals surface area contributed by atoms with E-state index in [4.69, 9.17) is 0 Å². The summed E-state index contributed by atoms with van der Waals surface area (Å²) < 4.78 is 0. The zero-order chi connectivity index (χ0) is 21.3. The highest BCUT2D eigenvalue weighted by atomic mass is 16.2. The first-order valence-corrected chi connectivity index (χ1v) is 10.6. The summed E-state index contributed by atoms with van der Waals surface area (Å²) in [4.78, 5) is 28.7. The van der Waals surface area contributed by atoms with Gasteiger partial charge in [-0.3, -0.25) is 4.79 Å². The molecule has 0 aromatic heterocycles. The summed E-state index contributed by atoms with van der Waals surface area (Å²) in [5.74, 6) is 0.433. The first-order valence-electron chi connectivity index (χ1n) is 10.6. The van der Waals surface area contributed by atoms with Gasteiger partial charge in [0, 0.05) is 51.5 Å². The predicted molar refractivity (Wildman–Crippen MR) is 122 cm³/mol. The fourth-order valence-corrected chi connectivity index (χ4v) is 3.75. The lowest BCUT2D eigenvalue weighted by molar-refractivity contribution is -0.121. The molecule has 0 spiro atoms. The van der Waals surface area contributed by atoms with Crippen LogP contribution in [0.15, 0.2) is 54.6 Å². The highest BCUT2D eigenvalue weighted by Crippen LogP contribution is 2.22. The molecule has 1 aliphatic heterocycles. The number of benzene rings is 2. The van der Waals surface area contributed by atoms with Gasteiger partial charge >= 0.3 is 6.03 Å². The molecule has 1 atom stereocenters. The Morgan fingerprint density at radius 2 is 1.80 bits per heavy atom. The number of anilines is 2. The van der Waals surface area contributed by atoms with Gasteiger partial charge < -0.3 is 20.4 Å². The third-order valence-electron chi connectivity index (χ3n) is 5.55. The molecule has 0 saturated carbocycles. The molecule has 1 fully saturated rings. The Morgan fingerprint density at radius 3 is 2.50 bits per heavy atom. The first kappa shape index (κ1) is 21.7. The van der Waals surface area contributed by atoms with Gasteiger partial charge in [-0.2, -0.15) is 0 Å². The topological polar surface area (TPSA) is 64.7 Å². The maximum atomic E-state index is 12.5. The molecule has 2 aromatic carbocycles. The second-order valence-corrected chi connectivity index (χ2v) is 8.13. The Bertz CT molecular complexity index is 821. The summed E-state index contributed by atoms with van der Waals surface area (Å²) in [5.41, 5.74) is 3.04. The molecule has 6 heteroatoms. The SMILES string of the molecule is CN(C)c1ccc(CNC(=O)CC[C@@H]2CCCN(C(=O)Nc3ccccc3)C2)cc1. The van der Waals surface area contributed by atoms with Gasteiger partial charge in [0.1, 0.15) is 0 Å².